The van der Waals surface area contributed by atoms with E-state index in [4.69, 9.17) is 5.73 Å². The van der Waals surface area contributed by atoms with E-state index in [0.717, 1.165) is 28.2 Å². The number of hydrogen-bond acceptors (Lipinski definition) is 4. The van der Waals surface area contributed by atoms with Crippen molar-refractivity contribution in [3.05, 3.63) is 77.5 Å². The van der Waals surface area contributed by atoms with Gasteiger partial charge in [-0.1, -0.05) is 75.4 Å². The van der Waals surface area contributed by atoms with E-state index in [1.165, 1.54) is 0 Å². The van der Waals surface area contributed by atoms with Crippen LogP contribution in [-0.2, 0) is 5.41 Å². The first kappa shape index (κ1) is 17.9. The minimum atomic E-state index is -0.299. The Morgan fingerprint density at radius 2 is 1.68 bits per heavy atom. The molecule has 1 unspecified atom stereocenters. The average molecular weight is 369 g/mol. The van der Waals surface area contributed by atoms with Gasteiger partial charge in [-0.15, -0.1) is 0 Å². The first-order valence-corrected chi connectivity index (χ1v) is 9.31. The van der Waals surface area contributed by atoms with E-state index in [9.17, 15) is 5.26 Å². The highest BCUT2D eigenvalue weighted by Crippen LogP contribution is 2.36. The molecule has 5 heteroatoms. The van der Waals surface area contributed by atoms with Crippen LogP contribution < -0.4 is 11.1 Å². The Labute approximate surface area is 165 Å². The van der Waals surface area contributed by atoms with Crippen LogP contribution in [0.2, 0.25) is 0 Å². The number of aromatic nitrogens is 2. The van der Waals surface area contributed by atoms with Crippen LogP contribution >= 0.6 is 0 Å². The van der Waals surface area contributed by atoms with Crippen molar-refractivity contribution in [1.82, 2.24) is 9.78 Å². The fourth-order valence-electron chi connectivity index (χ4n) is 3.39. The lowest BCUT2D eigenvalue weighted by molar-refractivity contribution is 0.560. The Morgan fingerprint density at radius 3 is 2.29 bits per heavy atom. The molecule has 2 heterocycles. The third kappa shape index (κ3) is 3.03. The number of benzene rings is 2. The van der Waals surface area contributed by atoms with Crippen molar-refractivity contribution in [2.45, 2.75) is 32.2 Å². The maximum atomic E-state index is 9.75. The van der Waals surface area contributed by atoms with Crippen LogP contribution in [0.4, 0.5) is 5.82 Å². The minimum Gasteiger partial charge on any atom is -0.383 e. The number of nitriles is 1. The number of nitrogens with two attached hydrogens (primary N) is 1. The van der Waals surface area contributed by atoms with Gasteiger partial charge in [0.05, 0.1) is 17.3 Å². The molecular formula is C23H23N5. The molecule has 1 aliphatic rings. The summed E-state index contributed by atoms with van der Waals surface area (Å²) in [6, 6.07) is 22.4. The summed E-state index contributed by atoms with van der Waals surface area (Å²) < 4.78 is 1.63. The van der Waals surface area contributed by atoms with Gasteiger partial charge < -0.3 is 11.1 Å². The number of fused-ring (bicyclic) bond motifs is 1. The van der Waals surface area contributed by atoms with Crippen molar-refractivity contribution in [3.63, 3.8) is 0 Å². The zero-order chi connectivity index (χ0) is 19.9. The SMILES string of the molecule is CC(C)(C)c1cc2n(n1)C(N)=C(C#N)C(c1ccc(-c3ccccc3)cc1)N2. The Bertz CT molecular complexity index is 1080. The van der Waals surface area contributed by atoms with Crippen LogP contribution in [0.15, 0.2) is 66.2 Å². The van der Waals surface area contributed by atoms with Gasteiger partial charge in [-0.2, -0.15) is 10.4 Å². The van der Waals surface area contributed by atoms with Gasteiger partial charge in [0, 0.05) is 11.5 Å². The molecule has 0 amide bonds. The van der Waals surface area contributed by atoms with Crippen molar-refractivity contribution in [2.75, 3.05) is 5.32 Å². The van der Waals surface area contributed by atoms with Gasteiger partial charge in [0.15, 0.2) is 0 Å². The van der Waals surface area contributed by atoms with E-state index >= 15 is 0 Å². The minimum absolute atomic E-state index is 0.105. The molecule has 1 atom stereocenters. The second-order valence-electron chi connectivity index (χ2n) is 8.05. The fraction of sp³-hybridized carbons (Fsp3) is 0.217. The average Bonchev–Trinajstić information content (AvgIpc) is 3.14. The van der Waals surface area contributed by atoms with E-state index in [-0.39, 0.29) is 11.5 Å². The molecule has 1 aliphatic heterocycles. The van der Waals surface area contributed by atoms with Crippen molar-refractivity contribution >= 4 is 11.6 Å². The highest BCUT2D eigenvalue weighted by atomic mass is 15.4. The van der Waals surface area contributed by atoms with E-state index in [1.54, 1.807) is 4.68 Å². The summed E-state index contributed by atoms with van der Waals surface area (Å²) in [5.74, 6) is 1.18. The molecule has 1 aromatic heterocycles. The van der Waals surface area contributed by atoms with Crippen molar-refractivity contribution in [3.8, 4) is 17.2 Å². The van der Waals surface area contributed by atoms with E-state index in [0.29, 0.717) is 11.4 Å². The zero-order valence-corrected chi connectivity index (χ0v) is 16.3. The van der Waals surface area contributed by atoms with Crippen LogP contribution in [-0.4, -0.2) is 9.78 Å². The third-order valence-corrected chi connectivity index (χ3v) is 5.03. The lowest BCUT2D eigenvalue weighted by Gasteiger charge is -2.26. The van der Waals surface area contributed by atoms with E-state index < -0.39 is 0 Å². The second kappa shape index (κ2) is 6.58. The predicted octanol–water partition coefficient (Wildman–Crippen LogP) is 4.67. The molecule has 0 saturated heterocycles. The lowest BCUT2D eigenvalue weighted by Crippen LogP contribution is -2.26. The highest BCUT2D eigenvalue weighted by molar-refractivity contribution is 5.69. The Hall–Kier alpha value is -3.52. The summed E-state index contributed by atoms with van der Waals surface area (Å²) in [6.45, 7) is 6.31. The normalized spacial score (nSPS) is 16.3. The molecule has 0 saturated carbocycles. The molecule has 140 valence electrons. The van der Waals surface area contributed by atoms with Gasteiger partial charge in [0.2, 0.25) is 0 Å². The molecule has 3 N–H and O–H groups in total. The number of nitrogens with one attached hydrogen (secondary N) is 1. The summed E-state index contributed by atoms with van der Waals surface area (Å²) in [6.07, 6.45) is 0. The number of rotatable bonds is 2. The third-order valence-electron chi connectivity index (χ3n) is 5.03. The molecule has 3 aromatic rings. The molecule has 0 spiro atoms. The molecule has 5 nitrogen and oxygen atoms in total. The van der Waals surface area contributed by atoms with Crippen LogP contribution in [0.3, 0.4) is 0 Å². The van der Waals surface area contributed by atoms with E-state index in [1.807, 2.05) is 36.4 Å². The summed E-state index contributed by atoms with van der Waals surface area (Å²) in [5, 5.41) is 17.8. The zero-order valence-electron chi connectivity index (χ0n) is 16.3. The smallest absolute Gasteiger partial charge is 0.143 e. The first-order valence-electron chi connectivity index (χ1n) is 9.31. The number of nitrogens with zero attached hydrogens (tertiary/aromatic N) is 3. The standard InChI is InChI=1S/C23H23N5/c1-23(2,3)19-13-20-26-21(18(14-24)22(25)28(20)27-19)17-11-9-16(10-12-17)15-7-5-4-6-8-15/h4-13,21,26H,25H2,1-3H3. The summed E-state index contributed by atoms with van der Waals surface area (Å²) in [5.41, 5.74) is 10.9. The first-order chi connectivity index (χ1) is 13.4. The van der Waals surface area contributed by atoms with E-state index in [2.05, 4.69) is 61.5 Å². The predicted molar refractivity (Wildman–Crippen MR) is 112 cm³/mol. The maximum Gasteiger partial charge on any atom is 0.143 e. The Balaban J connectivity index is 1.72. The van der Waals surface area contributed by atoms with Crippen LogP contribution in [0.1, 0.15) is 38.1 Å². The van der Waals surface area contributed by atoms with Gasteiger partial charge >= 0.3 is 0 Å². The molecule has 2 aromatic carbocycles. The Kier molecular flexibility index (Phi) is 4.20. The monoisotopic (exact) mass is 369 g/mol. The fourth-order valence-corrected chi connectivity index (χ4v) is 3.39. The maximum absolute atomic E-state index is 9.75. The van der Waals surface area contributed by atoms with Gasteiger partial charge in [-0.05, 0) is 16.7 Å². The van der Waals surface area contributed by atoms with Crippen molar-refractivity contribution < 1.29 is 0 Å². The molecule has 0 fully saturated rings. The van der Waals surface area contributed by atoms with Gasteiger partial charge in [-0.3, -0.25) is 0 Å². The Morgan fingerprint density at radius 1 is 1.04 bits per heavy atom. The lowest BCUT2D eigenvalue weighted by atomic mass is 9.92. The quantitative estimate of drug-likeness (QED) is 0.688. The topological polar surface area (TPSA) is 79.7 Å². The summed E-state index contributed by atoms with van der Waals surface area (Å²) >= 11 is 0. The highest BCUT2D eigenvalue weighted by Gasteiger charge is 2.30. The van der Waals surface area contributed by atoms with Crippen LogP contribution in [0.5, 0.6) is 0 Å². The number of hydrogen-bond donors (Lipinski definition) is 2. The second-order valence-corrected chi connectivity index (χ2v) is 8.05. The molecular weight excluding hydrogens is 346 g/mol. The van der Waals surface area contributed by atoms with Gasteiger partial charge in [0.25, 0.3) is 0 Å². The van der Waals surface area contributed by atoms with Crippen molar-refractivity contribution in [1.29, 1.82) is 5.26 Å². The molecule has 4 rings (SSSR count). The summed E-state index contributed by atoms with van der Waals surface area (Å²) in [4.78, 5) is 0. The van der Waals surface area contributed by atoms with Crippen LogP contribution in [0, 0.1) is 11.3 Å². The van der Waals surface area contributed by atoms with Gasteiger partial charge in [0.1, 0.15) is 17.7 Å². The number of anilines is 1. The summed E-state index contributed by atoms with van der Waals surface area (Å²) in [7, 11) is 0. The van der Waals surface area contributed by atoms with Gasteiger partial charge in [-0.25, -0.2) is 4.68 Å². The molecule has 28 heavy (non-hydrogen) atoms. The molecule has 0 bridgehead atoms. The molecule has 0 radical (unpaired) electrons. The van der Waals surface area contributed by atoms with Crippen LogP contribution in [0.25, 0.3) is 16.9 Å². The molecule has 0 aliphatic carbocycles. The largest absolute Gasteiger partial charge is 0.383 e. The van der Waals surface area contributed by atoms with Crippen molar-refractivity contribution in [2.24, 2.45) is 5.73 Å².